The molecule has 0 saturated heterocycles. The molecule has 0 aliphatic heterocycles. The van der Waals surface area contributed by atoms with Gasteiger partial charge in [0.2, 0.25) is 0 Å². The fraction of sp³-hybridized carbons (Fsp3) is 0.357. The minimum absolute atomic E-state index is 0.809. The van der Waals surface area contributed by atoms with Crippen molar-refractivity contribution in [2.24, 2.45) is 0 Å². The van der Waals surface area contributed by atoms with E-state index in [1.807, 2.05) is 25.1 Å². The van der Waals surface area contributed by atoms with Gasteiger partial charge in [0.05, 0.1) is 6.54 Å². The highest BCUT2D eigenvalue weighted by molar-refractivity contribution is 7.09. The number of hydrogen-bond donors (Lipinski definition) is 1. The van der Waals surface area contributed by atoms with Crippen LogP contribution >= 0.6 is 11.3 Å². The van der Waals surface area contributed by atoms with Gasteiger partial charge in [-0.1, -0.05) is 13.0 Å². The summed E-state index contributed by atoms with van der Waals surface area (Å²) in [4.78, 5) is 6.85. The van der Waals surface area contributed by atoms with Crippen LogP contribution in [0.25, 0.3) is 0 Å². The molecule has 0 amide bonds. The molecular formula is C14H19N3S. The summed E-state index contributed by atoms with van der Waals surface area (Å²) in [6.45, 7) is 6.09. The molecule has 0 aliphatic carbocycles. The fourth-order valence-corrected chi connectivity index (χ4v) is 2.72. The minimum Gasteiger partial charge on any atom is -0.399 e. The number of aryl methyl sites for hydroxylation is 1. The van der Waals surface area contributed by atoms with E-state index >= 15 is 0 Å². The zero-order chi connectivity index (χ0) is 13.0. The number of benzene rings is 1. The SMILES string of the molecule is CCCN(Cc1nc(C)cs1)c1cccc(N)c1. The van der Waals surface area contributed by atoms with Crippen molar-refractivity contribution in [3.05, 3.63) is 40.3 Å². The van der Waals surface area contributed by atoms with Crippen molar-refractivity contribution in [1.82, 2.24) is 4.98 Å². The van der Waals surface area contributed by atoms with Crippen LogP contribution in [0.2, 0.25) is 0 Å². The number of rotatable bonds is 5. The van der Waals surface area contributed by atoms with E-state index in [1.54, 1.807) is 11.3 Å². The molecule has 0 spiro atoms. The average Bonchev–Trinajstić information content (AvgIpc) is 2.74. The molecule has 4 heteroatoms. The molecule has 2 N–H and O–H groups in total. The highest BCUT2D eigenvalue weighted by Gasteiger charge is 2.09. The van der Waals surface area contributed by atoms with Gasteiger partial charge in [0.15, 0.2) is 0 Å². The van der Waals surface area contributed by atoms with Gasteiger partial charge in [0, 0.05) is 29.0 Å². The lowest BCUT2D eigenvalue weighted by Gasteiger charge is -2.23. The molecule has 0 aliphatic rings. The first-order valence-electron chi connectivity index (χ1n) is 6.20. The number of hydrogen-bond acceptors (Lipinski definition) is 4. The lowest BCUT2D eigenvalue weighted by Crippen LogP contribution is -2.23. The summed E-state index contributed by atoms with van der Waals surface area (Å²) in [6.07, 6.45) is 1.11. The van der Waals surface area contributed by atoms with Crippen molar-refractivity contribution in [2.45, 2.75) is 26.8 Å². The van der Waals surface area contributed by atoms with E-state index in [0.29, 0.717) is 0 Å². The Morgan fingerprint density at radius 2 is 2.22 bits per heavy atom. The number of anilines is 2. The largest absolute Gasteiger partial charge is 0.399 e. The Morgan fingerprint density at radius 1 is 1.39 bits per heavy atom. The molecule has 0 saturated carbocycles. The standard InChI is InChI=1S/C14H19N3S/c1-3-7-17(9-14-16-11(2)10-18-14)13-6-4-5-12(15)8-13/h4-6,8,10H,3,7,9,15H2,1-2H3. The number of nitrogens with zero attached hydrogens (tertiary/aromatic N) is 2. The second kappa shape index (κ2) is 5.87. The summed E-state index contributed by atoms with van der Waals surface area (Å²) in [5, 5.41) is 3.25. The molecule has 0 unspecified atom stereocenters. The fourth-order valence-electron chi connectivity index (χ4n) is 1.93. The van der Waals surface area contributed by atoms with Gasteiger partial charge >= 0.3 is 0 Å². The smallest absolute Gasteiger partial charge is 0.112 e. The van der Waals surface area contributed by atoms with E-state index < -0.39 is 0 Å². The quantitative estimate of drug-likeness (QED) is 0.838. The van der Waals surface area contributed by atoms with Gasteiger partial charge < -0.3 is 10.6 Å². The monoisotopic (exact) mass is 261 g/mol. The molecule has 0 fully saturated rings. The second-order valence-corrected chi connectivity index (χ2v) is 5.34. The van der Waals surface area contributed by atoms with E-state index in [1.165, 1.54) is 5.69 Å². The van der Waals surface area contributed by atoms with Crippen LogP contribution in [0.3, 0.4) is 0 Å². The van der Waals surface area contributed by atoms with Gasteiger partial charge in [-0.15, -0.1) is 11.3 Å². The number of aromatic nitrogens is 1. The maximum absolute atomic E-state index is 5.85. The number of nitrogens with two attached hydrogens (primary N) is 1. The first-order valence-corrected chi connectivity index (χ1v) is 7.08. The molecular weight excluding hydrogens is 242 g/mol. The third kappa shape index (κ3) is 3.23. The topological polar surface area (TPSA) is 42.2 Å². The van der Waals surface area contributed by atoms with Crippen LogP contribution < -0.4 is 10.6 Å². The highest BCUT2D eigenvalue weighted by Crippen LogP contribution is 2.21. The van der Waals surface area contributed by atoms with Crippen LogP contribution in [-0.4, -0.2) is 11.5 Å². The summed E-state index contributed by atoms with van der Waals surface area (Å²) >= 11 is 1.72. The maximum Gasteiger partial charge on any atom is 0.112 e. The van der Waals surface area contributed by atoms with Gasteiger partial charge in [-0.25, -0.2) is 4.98 Å². The van der Waals surface area contributed by atoms with Crippen LogP contribution in [0.1, 0.15) is 24.0 Å². The van der Waals surface area contributed by atoms with Gasteiger partial charge in [-0.05, 0) is 31.5 Å². The molecule has 1 aromatic carbocycles. The first-order chi connectivity index (χ1) is 8.69. The summed E-state index contributed by atoms with van der Waals surface area (Å²) < 4.78 is 0. The minimum atomic E-state index is 0.809. The van der Waals surface area contributed by atoms with Gasteiger partial charge in [0.1, 0.15) is 5.01 Å². The van der Waals surface area contributed by atoms with Crippen LogP contribution in [0.5, 0.6) is 0 Å². The predicted molar refractivity (Wildman–Crippen MR) is 79.0 cm³/mol. The second-order valence-electron chi connectivity index (χ2n) is 4.40. The lowest BCUT2D eigenvalue weighted by atomic mass is 10.2. The van der Waals surface area contributed by atoms with E-state index in [2.05, 4.69) is 28.3 Å². The zero-order valence-corrected chi connectivity index (χ0v) is 11.7. The molecule has 0 bridgehead atoms. The Labute approximate surface area is 112 Å². The maximum atomic E-state index is 5.85. The normalized spacial score (nSPS) is 10.6. The van der Waals surface area contributed by atoms with E-state index in [0.717, 1.165) is 35.9 Å². The average molecular weight is 261 g/mol. The van der Waals surface area contributed by atoms with Crippen LogP contribution in [-0.2, 0) is 6.54 Å². The van der Waals surface area contributed by atoms with Gasteiger partial charge in [-0.2, -0.15) is 0 Å². The predicted octanol–water partition coefficient (Wildman–Crippen LogP) is 3.45. The van der Waals surface area contributed by atoms with Crippen molar-refractivity contribution in [3.63, 3.8) is 0 Å². The van der Waals surface area contributed by atoms with E-state index in [-0.39, 0.29) is 0 Å². The zero-order valence-electron chi connectivity index (χ0n) is 10.9. The highest BCUT2D eigenvalue weighted by atomic mass is 32.1. The van der Waals surface area contributed by atoms with Crippen molar-refractivity contribution in [2.75, 3.05) is 17.2 Å². The third-order valence-corrected chi connectivity index (χ3v) is 3.67. The lowest BCUT2D eigenvalue weighted by molar-refractivity contribution is 0.763. The Kier molecular flexibility index (Phi) is 4.20. The van der Waals surface area contributed by atoms with Gasteiger partial charge in [0.25, 0.3) is 0 Å². The van der Waals surface area contributed by atoms with Crippen molar-refractivity contribution in [1.29, 1.82) is 0 Å². The number of nitrogen functional groups attached to an aromatic ring is 1. The van der Waals surface area contributed by atoms with E-state index in [4.69, 9.17) is 5.73 Å². The molecule has 3 nitrogen and oxygen atoms in total. The molecule has 96 valence electrons. The van der Waals surface area contributed by atoms with Crippen molar-refractivity contribution in [3.8, 4) is 0 Å². The van der Waals surface area contributed by atoms with Crippen molar-refractivity contribution < 1.29 is 0 Å². The molecule has 1 heterocycles. The Balaban J connectivity index is 2.17. The van der Waals surface area contributed by atoms with Crippen LogP contribution in [0.4, 0.5) is 11.4 Å². The van der Waals surface area contributed by atoms with Crippen LogP contribution in [0.15, 0.2) is 29.6 Å². The molecule has 0 radical (unpaired) electrons. The summed E-state index contributed by atoms with van der Waals surface area (Å²) in [5.41, 5.74) is 8.93. The summed E-state index contributed by atoms with van der Waals surface area (Å²) in [5.74, 6) is 0. The Hall–Kier alpha value is -1.55. The first kappa shape index (κ1) is 12.9. The Morgan fingerprint density at radius 3 is 2.83 bits per heavy atom. The molecule has 1 aromatic heterocycles. The van der Waals surface area contributed by atoms with Crippen molar-refractivity contribution >= 4 is 22.7 Å². The number of thiazole rings is 1. The summed E-state index contributed by atoms with van der Waals surface area (Å²) in [6, 6.07) is 8.05. The van der Waals surface area contributed by atoms with E-state index in [9.17, 15) is 0 Å². The summed E-state index contributed by atoms with van der Waals surface area (Å²) in [7, 11) is 0. The Bertz CT molecular complexity index is 507. The molecule has 2 aromatic rings. The third-order valence-electron chi connectivity index (χ3n) is 2.72. The van der Waals surface area contributed by atoms with Gasteiger partial charge in [-0.3, -0.25) is 0 Å². The molecule has 2 rings (SSSR count). The molecule has 18 heavy (non-hydrogen) atoms. The van der Waals surface area contributed by atoms with Crippen LogP contribution in [0, 0.1) is 6.92 Å². The molecule has 0 atom stereocenters.